The van der Waals surface area contributed by atoms with E-state index in [1.54, 1.807) is 12.4 Å². The second-order valence-electron chi connectivity index (χ2n) is 6.13. The van der Waals surface area contributed by atoms with E-state index in [0.717, 1.165) is 34.2 Å². The normalized spacial score (nSPS) is 22.0. The first-order valence-electron chi connectivity index (χ1n) is 7.13. The Morgan fingerprint density at radius 3 is 2.95 bits per heavy atom. The van der Waals surface area contributed by atoms with Gasteiger partial charge in [0, 0.05) is 18.5 Å². The first-order valence-corrected chi connectivity index (χ1v) is 7.51. The van der Waals surface area contributed by atoms with Gasteiger partial charge in [0.25, 0.3) is 0 Å². The fourth-order valence-electron chi connectivity index (χ4n) is 3.18. The van der Waals surface area contributed by atoms with Gasteiger partial charge in [-0.2, -0.15) is 0 Å². The molecule has 1 aliphatic rings. The molecule has 0 aromatic carbocycles. The highest BCUT2D eigenvalue weighted by molar-refractivity contribution is 6.35. The minimum atomic E-state index is -0.703. The molecule has 1 atom stereocenters. The highest BCUT2D eigenvalue weighted by Gasteiger charge is 2.33. The second-order valence-corrected chi connectivity index (χ2v) is 6.53. The topological polar surface area (TPSA) is 91.1 Å². The third-order valence-electron chi connectivity index (χ3n) is 4.22. The number of nitrogens with one attached hydrogen (secondary N) is 1. The minimum absolute atomic E-state index is 0.452. The standard InChI is InChI=1S/C15H16ClN5O/c1-15(22)2-3-21(7-15)13-9(16)5-19-14-12(13)8-4-11(17)18-6-10(8)20-14/h4-6,22H,2-3,7H2,1H3,(H2,17,18)(H,19,20)/t15-/m1/s1. The molecule has 1 fully saturated rings. The van der Waals surface area contributed by atoms with Crippen molar-refractivity contribution in [3.8, 4) is 0 Å². The van der Waals surface area contributed by atoms with Crippen LogP contribution in [-0.4, -0.2) is 38.7 Å². The maximum absolute atomic E-state index is 10.3. The summed E-state index contributed by atoms with van der Waals surface area (Å²) in [5.41, 5.74) is 7.62. The van der Waals surface area contributed by atoms with Crippen LogP contribution < -0.4 is 10.6 Å². The first kappa shape index (κ1) is 13.6. The van der Waals surface area contributed by atoms with E-state index < -0.39 is 5.60 Å². The highest BCUT2D eigenvalue weighted by Crippen LogP contribution is 2.40. The number of pyridine rings is 2. The number of fused-ring (bicyclic) bond motifs is 3. The van der Waals surface area contributed by atoms with Gasteiger partial charge >= 0.3 is 0 Å². The number of aromatic nitrogens is 3. The first-order chi connectivity index (χ1) is 10.4. The molecule has 22 heavy (non-hydrogen) atoms. The van der Waals surface area contributed by atoms with Crippen molar-refractivity contribution >= 4 is 45.0 Å². The van der Waals surface area contributed by atoms with Gasteiger partial charge in [-0.1, -0.05) is 11.6 Å². The minimum Gasteiger partial charge on any atom is -0.388 e. The number of nitrogens with two attached hydrogens (primary N) is 1. The molecule has 0 amide bonds. The Balaban J connectivity index is 2.02. The van der Waals surface area contributed by atoms with Crippen LogP contribution in [0.1, 0.15) is 13.3 Å². The number of β-amino-alcohol motifs (C(OH)–C–C–N with tert-alkyl or cyclic N) is 1. The molecule has 0 radical (unpaired) electrons. The molecule has 0 saturated carbocycles. The van der Waals surface area contributed by atoms with Crippen molar-refractivity contribution in [3.05, 3.63) is 23.5 Å². The second kappa shape index (κ2) is 4.47. The predicted molar refractivity (Wildman–Crippen MR) is 88.3 cm³/mol. The van der Waals surface area contributed by atoms with Crippen LogP contribution in [0.4, 0.5) is 11.5 Å². The molecule has 1 saturated heterocycles. The molecule has 3 aromatic heterocycles. The van der Waals surface area contributed by atoms with Gasteiger partial charge in [0.15, 0.2) is 0 Å². The van der Waals surface area contributed by atoms with Gasteiger partial charge in [0.1, 0.15) is 11.5 Å². The van der Waals surface area contributed by atoms with Crippen molar-refractivity contribution in [2.75, 3.05) is 23.7 Å². The smallest absolute Gasteiger partial charge is 0.140 e. The van der Waals surface area contributed by atoms with Crippen LogP contribution in [0.15, 0.2) is 18.5 Å². The Bertz CT molecular complexity index is 888. The number of anilines is 2. The number of rotatable bonds is 1. The van der Waals surface area contributed by atoms with Crippen LogP contribution in [0.25, 0.3) is 21.9 Å². The molecule has 0 spiro atoms. The van der Waals surface area contributed by atoms with E-state index in [9.17, 15) is 5.11 Å². The van der Waals surface area contributed by atoms with E-state index in [2.05, 4.69) is 19.9 Å². The van der Waals surface area contributed by atoms with Crippen LogP contribution in [0.5, 0.6) is 0 Å². The largest absolute Gasteiger partial charge is 0.388 e. The molecular weight excluding hydrogens is 302 g/mol. The number of nitrogen functional groups attached to an aromatic ring is 1. The predicted octanol–water partition coefficient (Wildman–Crippen LogP) is 2.31. The molecule has 4 heterocycles. The summed E-state index contributed by atoms with van der Waals surface area (Å²) in [6.45, 7) is 3.13. The molecule has 4 rings (SSSR count). The van der Waals surface area contributed by atoms with Crippen LogP contribution in [0, 0.1) is 0 Å². The lowest BCUT2D eigenvalue weighted by Gasteiger charge is -2.22. The summed E-state index contributed by atoms with van der Waals surface area (Å²) in [4.78, 5) is 13.8. The van der Waals surface area contributed by atoms with Crippen molar-refractivity contribution in [1.29, 1.82) is 0 Å². The summed E-state index contributed by atoms with van der Waals surface area (Å²) in [5.74, 6) is 0.452. The van der Waals surface area contributed by atoms with Crippen LogP contribution in [-0.2, 0) is 0 Å². The van der Waals surface area contributed by atoms with E-state index in [1.165, 1.54) is 0 Å². The third-order valence-corrected chi connectivity index (χ3v) is 4.50. The van der Waals surface area contributed by atoms with E-state index in [0.29, 0.717) is 23.8 Å². The highest BCUT2D eigenvalue weighted by atomic mass is 35.5. The van der Waals surface area contributed by atoms with Gasteiger partial charge in [0.05, 0.1) is 39.6 Å². The Kier molecular flexibility index (Phi) is 2.76. The molecule has 0 bridgehead atoms. The van der Waals surface area contributed by atoms with Crippen LogP contribution >= 0.6 is 11.6 Å². The van der Waals surface area contributed by atoms with E-state index in [1.807, 2.05) is 13.0 Å². The summed E-state index contributed by atoms with van der Waals surface area (Å²) in [6.07, 6.45) is 4.04. The maximum Gasteiger partial charge on any atom is 0.140 e. The van der Waals surface area contributed by atoms with Crippen molar-refractivity contribution in [2.24, 2.45) is 0 Å². The average molecular weight is 318 g/mol. The zero-order valence-electron chi connectivity index (χ0n) is 12.1. The van der Waals surface area contributed by atoms with Crippen molar-refractivity contribution in [3.63, 3.8) is 0 Å². The monoisotopic (exact) mass is 317 g/mol. The summed E-state index contributed by atoms with van der Waals surface area (Å²) in [6, 6.07) is 1.82. The van der Waals surface area contributed by atoms with Gasteiger partial charge in [-0.15, -0.1) is 0 Å². The van der Waals surface area contributed by atoms with Gasteiger partial charge in [-0.05, 0) is 19.4 Å². The van der Waals surface area contributed by atoms with Crippen LogP contribution in [0.2, 0.25) is 5.02 Å². The third kappa shape index (κ3) is 1.99. The zero-order valence-corrected chi connectivity index (χ0v) is 12.9. The Labute approximate surface area is 131 Å². The van der Waals surface area contributed by atoms with Crippen molar-refractivity contribution in [1.82, 2.24) is 15.0 Å². The quantitative estimate of drug-likeness (QED) is 0.640. The average Bonchev–Trinajstić information content (AvgIpc) is 2.99. The number of aromatic amines is 1. The maximum atomic E-state index is 10.3. The lowest BCUT2D eigenvalue weighted by Crippen LogP contribution is -2.29. The Hall–Kier alpha value is -2.05. The SMILES string of the molecule is C[C@@]1(O)CCN(c2c(Cl)cnc3[nH]c4cnc(N)cc4c23)C1. The lowest BCUT2D eigenvalue weighted by atomic mass is 10.1. The molecule has 0 aliphatic carbocycles. The molecule has 1 aliphatic heterocycles. The Morgan fingerprint density at radius 2 is 2.23 bits per heavy atom. The number of nitrogens with zero attached hydrogens (tertiary/aromatic N) is 3. The summed E-state index contributed by atoms with van der Waals surface area (Å²) >= 11 is 6.43. The van der Waals surface area contributed by atoms with Crippen molar-refractivity contribution < 1.29 is 5.11 Å². The number of hydrogen-bond acceptors (Lipinski definition) is 5. The van der Waals surface area contributed by atoms with Gasteiger partial charge in [-0.3, -0.25) is 0 Å². The molecule has 0 unspecified atom stereocenters. The fourth-order valence-corrected chi connectivity index (χ4v) is 3.44. The van der Waals surface area contributed by atoms with Gasteiger partial charge in [0.2, 0.25) is 0 Å². The van der Waals surface area contributed by atoms with E-state index in [-0.39, 0.29) is 0 Å². The summed E-state index contributed by atoms with van der Waals surface area (Å²) < 4.78 is 0. The number of halogens is 1. The molecular formula is C15H16ClN5O. The lowest BCUT2D eigenvalue weighted by molar-refractivity contribution is 0.0839. The van der Waals surface area contributed by atoms with E-state index >= 15 is 0 Å². The molecule has 3 aromatic rings. The summed E-state index contributed by atoms with van der Waals surface area (Å²) in [7, 11) is 0. The number of hydrogen-bond donors (Lipinski definition) is 3. The molecule has 114 valence electrons. The van der Waals surface area contributed by atoms with Gasteiger partial charge in [-0.25, -0.2) is 9.97 Å². The molecule has 4 N–H and O–H groups in total. The van der Waals surface area contributed by atoms with Crippen LogP contribution in [0.3, 0.4) is 0 Å². The number of H-pyrrole nitrogens is 1. The number of aliphatic hydroxyl groups is 1. The van der Waals surface area contributed by atoms with E-state index in [4.69, 9.17) is 17.3 Å². The summed E-state index contributed by atoms with van der Waals surface area (Å²) in [5, 5.41) is 12.7. The van der Waals surface area contributed by atoms with Crippen molar-refractivity contribution in [2.45, 2.75) is 18.9 Å². The fraction of sp³-hybridized carbons (Fsp3) is 0.333. The zero-order chi connectivity index (χ0) is 15.5. The molecule has 7 heteroatoms. The Morgan fingerprint density at radius 1 is 1.41 bits per heavy atom. The molecule has 6 nitrogen and oxygen atoms in total. The van der Waals surface area contributed by atoms with Gasteiger partial charge < -0.3 is 20.7 Å².